The maximum Gasteiger partial charge on any atom is 0.261 e. The van der Waals surface area contributed by atoms with Gasteiger partial charge in [0.15, 0.2) is 10.9 Å². The molecule has 0 aliphatic heterocycles. The quantitative estimate of drug-likeness (QED) is 0.585. The predicted molar refractivity (Wildman–Crippen MR) is 79.2 cm³/mol. The number of anilines is 2. The summed E-state index contributed by atoms with van der Waals surface area (Å²) in [7, 11) is 0. The zero-order valence-corrected chi connectivity index (χ0v) is 11.7. The predicted octanol–water partition coefficient (Wildman–Crippen LogP) is 2.56. The second kappa shape index (κ2) is 5.13. The number of para-hydroxylation sites is 1. The molecule has 1 aromatic heterocycles. The van der Waals surface area contributed by atoms with E-state index in [1.165, 1.54) is 28.7 Å². The number of rotatable bonds is 2. The van der Waals surface area contributed by atoms with Crippen LogP contribution in [0.2, 0.25) is 0 Å². The standard InChI is InChI=1S/C14H15N3O2S/c15-9-5-3-4-8(12(9)18)13(19)17-14-16-10-6-1-2-7-11(10)20-14/h3-5,18H,1-2,6-7,15H2,(H,16,17,19). The van der Waals surface area contributed by atoms with Crippen molar-refractivity contribution >= 4 is 28.1 Å². The summed E-state index contributed by atoms with van der Waals surface area (Å²) in [5.74, 6) is -0.577. The third-order valence-electron chi connectivity index (χ3n) is 3.38. The van der Waals surface area contributed by atoms with Crippen molar-refractivity contribution in [3.05, 3.63) is 34.3 Å². The minimum atomic E-state index is -0.388. The second-order valence-corrected chi connectivity index (χ2v) is 5.88. The molecular weight excluding hydrogens is 274 g/mol. The summed E-state index contributed by atoms with van der Waals surface area (Å²) >= 11 is 1.51. The number of thiazole rings is 1. The Hall–Kier alpha value is -2.08. The van der Waals surface area contributed by atoms with Gasteiger partial charge in [-0.25, -0.2) is 4.98 Å². The molecule has 0 bridgehead atoms. The van der Waals surface area contributed by atoms with E-state index in [-0.39, 0.29) is 22.9 Å². The van der Waals surface area contributed by atoms with E-state index in [1.54, 1.807) is 12.1 Å². The average molecular weight is 289 g/mol. The van der Waals surface area contributed by atoms with Crippen molar-refractivity contribution in [3.8, 4) is 5.75 Å². The molecule has 0 saturated heterocycles. The monoisotopic (exact) mass is 289 g/mol. The summed E-state index contributed by atoms with van der Waals surface area (Å²) in [6.45, 7) is 0. The van der Waals surface area contributed by atoms with Crippen molar-refractivity contribution in [2.45, 2.75) is 25.7 Å². The molecule has 6 heteroatoms. The fraction of sp³-hybridized carbons (Fsp3) is 0.286. The molecule has 0 radical (unpaired) electrons. The van der Waals surface area contributed by atoms with Gasteiger partial charge >= 0.3 is 0 Å². The van der Waals surface area contributed by atoms with Crippen LogP contribution in [0.3, 0.4) is 0 Å². The Balaban J connectivity index is 1.82. The Morgan fingerprint density at radius 1 is 1.35 bits per heavy atom. The number of carbonyl (C=O) groups is 1. The number of phenolic OH excluding ortho intramolecular Hbond substituents is 1. The van der Waals surface area contributed by atoms with E-state index >= 15 is 0 Å². The molecule has 2 aromatic rings. The van der Waals surface area contributed by atoms with Crippen LogP contribution in [0.25, 0.3) is 0 Å². The van der Waals surface area contributed by atoms with Crippen LogP contribution in [0.4, 0.5) is 10.8 Å². The molecule has 0 spiro atoms. The molecule has 3 rings (SSSR count). The number of phenols is 1. The van der Waals surface area contributed by atoms with Crippen LogP contribution in [0.15, 0.2) is 18.2 Å². The average Bonchev–Trinajstić information content (AvgIpc) is 2.83. The van der Waals surface area contributed by atoms with Crippen LogP contribution in [-0.4, -0.2) is 16.0 Å². The molecule has 0 saturated carbocycles. The number of fused-ring (bicyclic) bond motifs is 1. The first kappa shape index (κ1) is 12.9. The lowest BCUT2D eigenvalue weighted by Gasteiger charge is -2.06. The van der Waals surface area contributed by atoms with Gasteiger partial charge in [0.1, 0.15) is 0 Å². The highest BCUT2D eigenvalue weighted by Gasteiger charge is 2.18. The topological polar surface area (TPSA) is 88.2 Å². The third-order valence-corrected chi connectivity index (χ3v) is 4.45. The summed E-state index contributed by atoms with van der Waals surface area (Å²) < 4.78 is 0. The highest BCUT2D eigenvalue weighted by atomic mass is 32.1. The number of amides is 1. The van der Waals surface area contributed by atoms with Crippen molar-refractivity contribution in [3.63, 3.8) is 0 Å². The van der Waals surface area contributed by atoms with E-state index in [4.69, 9.17) is 5.73 Å². The Labute approximate surface area is 120 Å². The van der Waals surface area contributed by atoms with Crippen LogP contribution in [-0.2, 0) is 12.8 Å². The molecule has 4 N–H and O–H groups in total. The molecule has 0 atom stereocenters. The first-order valence-electron chi connectivity index (χ1n) is 6.52. The number of hydrogen-bond acceptors (Lipinski definition) is 5. The number of benzene rings is 1. The fourth-order valence-corrected chi connectivity index (χ4v) is 3.36. The van der Waals surface area contributed by atoms with E-state index in [0.29, 0.717) is 5.13 Å². The molecule has 1 aliphatic rings. The molecule has 1 amide bonds. The lowest BCUT2D eigenvalue weighted by Crippen LogP contribution is -2.12. The van der Waals surface area contributed by atoms with Crippen LogP contribution < -0.4 is 11.1 Å². The molecule has 1 aromatic carbocycles. The molecule has 0 unspecified atom stereocenters. The van der Waals surface area contributed by atoms with E-state index < -0.39 is 0 Å². The Bertz CT molecular complexity index is 643. The van der Waals surface area contributed by atoms with Crippen LogP contribution >= 0.6 is 11.3 Å². The summed E-state index contributed by atoms with van der Waals surface area (Å²) in [4.78, 5) is 17.8. The molecule has 0 fully saturated rings. The first-order chi connectivity index (χ1) is 9.65. The SMILES string of the molecule is Nc1cccc(C(=O)Nc2nc3c(s2)CCCC3)c1O. The van der Waals surface area contributed by atoms with Gasteiger partial charge in [0.05, 0.1) is 16.9 Å². The third kappa shape index (κ3) is 2.34. The zero-order valence-electron chi connectivity index (χ0n) is 10.8. The van der Waals surface area contributed by atoms with E-state index in [9.17, 15) is 9.90 Å². The van der Waals surface area contributed by atoms with Gasteiger partial charge in [0.25, 0.3) is 5.91 Å². The maximum atomic E-state index is 12.1. The summed E-state index contributed by atoms with van der Waals surface area (Å²) in [6.07, 6.45) is 4.34. The van der Waals surface area contributed by atoms with Gasteiger partial charge in [0, 0.05) is 4.88 Å². The van der Waals surface area contributed by atoms with Crippen molar-refractivity contribution < 1.29 is 9.90 Å². The molecular formula is C14H15N3O2S. The number of nitrogens with two attached hydrogens (primary N) is 1. The van der Waals surface area contributed by atoms with Gasteiger partial charge < -0.3 is 10.8 Å². The lowest BCUT2D eigenvalue weighted by atomic mass is 10.0. The largest absolute Gasteiger partial charge is 0.505 e. The number of carbonyl (C=O) groups excluding carboxylic acids is 1. The Morgan fingerprint density at radius 2 is 2.15 bits per heavy atom. The van der Waals surface area contributed by atoms with Crippen LogP contribution in [0, 0.1) is 0 Å². The lowest BCUT2D eigenvalue weighted by molar-refractivity contribution is 0.102. The fourth-order valence-electron chi connectivity index (χ4n) is 2.31. The molecule has 104 valence electrons. The summed E-state index contributed by atoms with van der Waals surface area (Å²) in [5, 5.41) is 13.1. The van der Waals surface area contributed by atoms with Gasteiger partial charge in [0.2, 0.25) is 0 Å². The highest BCUT2D eigenvalue weighted by Crippen LogP contribution is 2.31. The molecule has 5 nitrogen and oxygen atoms in total. The number of aromatic hydroxyl groups is 1. The van der Waals surface area contributed by atoms with Crippen molar-refractivity contribution in [2.75, 3.05) is 11.1 Å². The van der Waals surface area contributed by atoms with E-state index in [0.717, 1.165) is 25.0 Å². The van der Waals surface area contributed by atoms with Crippen LogP contribution in [0.1, 0.15) is 33.8 Å². The molecule has 1 aliphatic carbocycles. The van der Waals surface area contributed by atoms with Gasteiger partial charge in [-0.3, -0.25) is 10.1 Å². The van der Waals surface area contributed by atoms with Gasteiger partial charge in [-0.2, -0.15) is 0 Å². The summed E-state index contributed by atoms with van der Waals surface area (Å²) in [6, 6.07) is 4.72. The highest BCUT2D eigenvalue weighted by molar-refractivity contribution is 7.15. The normalized spacial score (nSPS) is 13.8. The number of nitrogens with one attached hydrogen (secondary N) is 1. The number of hydrogen-bond donors (Lipinski definition) is 3. The summed E-state index contributed by atoms with van der Waals surface area (Å²) in [5.41, 5.74) is 7.04. The van der Waals surface area contributed by atoms with E-state index in [2.05, 4.69) is 10.3 Å². The zero-order chi connectivity index (χ0) is 14.1. The van der Waals surface area contributed by atoms with Crippen molar-refractivity contribution in [2.24, 2.45) is 0 Å². The maximum absolute atomic E-state index is 12.1. The van der Waals surface area contributed by atoms with Crippen LogP contribution in [0.5, 0.6) is 5.75 Å². The smallest absolute Gasteiger partial charge is 0.261 e. The van der Waals surface area contributed by atoms with Crippen molar-refractivity contribution in [1.29, 1.82) is 0 Å². The number of nitrogen functional groups attached to an aromatic ring is 1. The molecule has 20 heavy (non-hydrogen) atoms. The van der Waals surface area contributed by atoms with Crippen molar-refractivity contribution in [1.82, 2.24) is 4.98 Å². The number of aromatic nitrogens is 1. The first-order valence-corrected chi connectivity index (χ1v) is 7.34. The van der Waals surface area contributed by atoms with Gasteiger partial charge in [-0.05, 0) is 37.8 Å². The van der Waals surface area contributed by atoms with E-state index in [1.807, 2.05) is 0 Å². The second-order valence-electron chi connectivity index (χ2n) is 4.79. The Kier molecular flexibility index (Phi) is 3.31. The Morgan fingerprint density at radius 3 is 2.95 bits per heavy atom. The minimum Gasteiger partial charge on any atom is -0.505 e. The molecule has 1 heterocycles. The van der Waals surface area contributed by atoms with Gasteiger partial charge in [-0.1, -0.05) is 6.07 Å². The van der Waals surface area contributed by atoms with Gasteiger partial charge in [-0.15, -0.1) is 11.3 Å². The minimum absolute atomic E-state index is 0.165. The number of nitrogens with zero attached hydrogens (tertiary/aromatic N) is 1. The number of aryl methyl sites for hydroxylation is 2.